The number of benzene rings is 1. The predicted octanol–water partition coefficient (Wildman–Crippen LogP) is 5.49. The molecule has 1 aromatic carbocycles. The number of methoxy groups -OCH3 is 1. The summed E-state index contributed by atoms with van der Waals surface area (Å²) in [6.45, 7) is 4.02. The molecular weight excluding hydrogens is 411 g/mol. The first-order chi connectivity index (χ1) is 14.0. The van der Waals surface area contributed by atoms with Gasteiger partial charge in [-0.2, -0.15) is 5.10 Å². The van der Waals surface area contributed by atoms with Crippen molar-refractivity contribution in [2.24, 2.45) is 5.10 Å². The zero-order valence-electron chi connectivity index (χ0n) is 16.8. The van der Waals surface area contributed by atoms with E-state index in [4.69, 9.17) is 32.7 Å². The van der Waals surface area contributed by atoms with Crippen LogP contribution in [0.1, 0.15) is 45.1 Å². The van der Waals surface area contributed by atoms with Crippen LogP contribution in [-0.2, 0) is 0 Å². The number of nitrogens with zero attached hydrogens (tertiary/aromatic N) is 2. The molecule has 2 N–H and O–H groups in total. The van der Waals surface area contributed by atoms with E-state index in [0.717, 1.165) is 18.4 Å². The summed E-state index contributed by atoms with van der Waals surface area (Å²) in [5.74, 6) is 1.95. The van der Waals surface area contributed by atoms with Crippen LogP contribution in [0.2, 0.25) is 10.0 Å². The fourth-order valence-corrected chi connectivity index (χ4v) is 3.57. The van der Waals surface area contributed by atoms with Gasteiger partial charge >= 0.3 is 0 Å². The van der Waals surface area contributed by atoms with Crippen LogP contribution in [0.25, 0.3) is 0 Å². The number of amidine groups is 1. The number of hydrogen-bond acceptors (Lipinski definition) is 5. The molecule has 1 aliphatic carbocycles. The van der Waals surface area contributed by atoms with Gasteiger partial charge in [0, 0.05) is 24.0 Å². The number of hydrazone groups is 1. The van der Waals surface area contributed by atoms with Crippen molar-refractivity contribution in [3.05, 3.63) is 46.2 Å². The Morgan fingerprint density at radius 1 is 1.14 bits per heavy atom. The molecule has 3 rings (SSSR count). The predicted molar refractivity (Wildman–Crippen MR) is 119 cm³/mol. The number of anilines is 1. The van der Waals surface area contributed by atoms with Gasteiger partial charge in [0.15, 0.2) is 17.3 Å². The lowest BCUT2D eigenvalue weighted by Crippen LogP contribution is -2.23. The molecule has 0 amide bonds. The van der Waals surface area contributed by atoms with Crippen molar-refractivity contribution in [1.82, 2.24) is 10.4 Å². The summed E-state index contributed by atoms with van der Waals surface area (Å²) in [4.78, 5) is 4.00. The van der Waals surface area contributed by atoms with Crippen LogP contribution >= 0.6 is 23.2 Å². The monoisotopic (exact) mass is 436 g/mol. The summed E-state index contributed by atoms with van der Waals surface area (Å²) in [7, 11) is 1.64. The van der Waals surface area contributed by atoms with Crippen LogP contribution in [0.3, 0.4) is 0 Å². The van der Waals surface area contributed by atoms with Gasteiger partial charge in [-0.3, -0.25) is 4.98 Å². The Morgan fingerprint density at radius 3 is 2.45 bits per heavy atom. The zero-order valence-corrected chi connectivity index (χ0v) is 18.3. The molecule has 1 aliphatic rings. The molecule has 1 fully saturated rings. The zero-order chi connectivity index (χ0) is 20.8. The average Bonchev–Trinajstić information content (AvgIpc) is 3.20. The highest BCUT2D eigenvalue weighted by atomic mass is 35.5. The molecule has 0 spiro atoms. The second-order valence-corrected chi connectivity index (χ2v) is 8.05. The Kier molecular flexibility index (Phi) is 7.45. The van der Waals surface area contributed by atoms with E-state index in [1.165, 1.54) is 25.2 Å². The van der Waals surface area contributed by atoms with Gasteiger partial charge in [0.05, 0.1) is 28.9 Å². The van der Waals surface area contributed by atoms with E-state index < -0.39 is 0 Å². The van der Waals surface area contributed by atoms with Crippen molar-refractivity contribution in [3.8, 4) is 11.5 Å². The quantitative estimate of drug-likeness (QED) is 0.341. The number of aromatic nitrogens is 1. The Morgan fingerprint density at radius 2 is 1.83 bits per heavy atom. The van der Waals surface area contributed by atoms with E-state index in [1.54, 1.807) is 7.11 Å². The summed E-state index contributed by atoms with van der Waals surface area (Å²) in [5.41, 5.74) is 4.43. The van der Waals surface area contributed by atoms with Gasteiger partial charge in [-0.15, -0.1) is 0 Å². The van der Waals surface area contributed by atoms with E-state index in [2.05, 4.69) is 20.8 Å². The van der Waals surface area contributed by atoms with Crippen LogP contribution in [0, 0.1) is 0 Å². The van der Waals surface area contributed by atoms with Crippen LogP contribution in [0.15, 0.2) is 35.7 Å². The average molecular weight is 437 g/mol. The van der Waals surface area contributed by atoms with E-state index in [1.807, 2.05) is 32.0 Å². The second kappa shape index (κ2) is 10.0. The first-order valence-corrected chi connectivity index (χ1v) is 10.5. The third kappa shape index (κ3) is 5.67. The van der Waals surface area contributed by atoms with E-state index >= 15 is 0 Å². The van der Waals surface area contributed by atoms with Crippen molar-refractivity contribution < 1.29 is 9.47 Å². The Bertz CT molecular complexity index is 848. The molecule has 0 unspecified atom stereocenters. The first kappa shape index (κ1) is 21.5. The molecule has 0 radical (unpaired) electrons. The Hall–Kier alpha value is -2.18. The third-order valence-corrected chi connectivity index (χ3v) is 5.14. The van der Waals surface area contributed by atoms with Crippen molar-refractivity contribution in [2.75, 3.05) is 12.4 Å². The molecule has 6 nitrogen and oxygen atoms in total. The summed E-state index contributed by atoms with van der Waals surface area (Å²) in [6.07, 6.45) is 7.78. The molecule has 1 heterocycles. The summed E-state index contributed by atoms with van der Waals surface area (Å²) in [6, 6.07) is 5.87. The Balaban J connectivity index is 1.95. The smallest absolute Gasteiger partial charge is 0.162 e. The fourth-order valence-electron chi connectivity index (χ4n) is 3.11. The van der Waals surface area contributed by atoms with Crippen molar-refractivity contribution in [3.63, 3.8) is 0 Å². The van der Waals surface area contributed by atoms with Crippen molar-refractivity contribution >= 4 is 34.7 Å². The van der Waals surface area contributed by atoms with Gasteiger partial charge in [-0.25, -0.2) is 0 Å². The highest BCUT2D eigenvalue weighted by Crippen LogP contribution is 2.34. The molecule has 1 aromatic heterocycles. The van der Waals surface area contributed by atoms with Gasteiger partial charge in [0.1, 0.15) is 0 Å². The molecular formula is C21H26Cl2N4O2. The largest absolute Gasteiger partial charge is 0.493 e. The number of halogens is 2. The van der Waals surface area contributed by atoms with Gasteiger partial charge in [0.25, 0.3) is 0 Å². The molecule has 8 heteroatoms. The first-order valence-electron chi connectivity index (χ1n) is 9.72. The van der Waals surface area contributed by atoms with Crippen LogP contribution < -0.4 is 20.2 Å². The van der Waals surface area contributed by atoms with E-state index in [0.29, 0.717) is 33.1 Å². The summed E-state index contributed by atoms with van der Waals surface area (Å²) < 4.78 is 11.7. The van der Waals surface area contributed by atoms with Crippen molar-refractivity contribution in [1.29, 1.82) is 0 Å². The third-order valence-electron chi connectivity index (χ3n) is 4.56. The van der Waals surface area contributed by atoms with Crippen LogP contribution in [-0.4, -0.2) is 30.1 Å². The van der Waals surface area contributed by atoms with E-state index in [9.17, 15) is 0 Å². The molecule has 0 aliphatic heterocycles. The number of nitrogens with one attached hydrogen (secondary N) is 2. The number of pyridine rings is 1. The SMILES string of the molecule is COc1ccc(C(=NNC(C)C)Nc2c(Cl)cncc2Cl)cc1OC1CCCC1. The van der Waals surface area contributed by atoms with Gasteiger partial charge in [0.2, 0.25) is 0 Å². The van der Waals surface area contributed by atoms with Gasteiger partial charge in [-0.05, 0) is 57.7 Å². The number of hydrogen-bond donors (Lipinski definition) is 2. The molecule has 0 bridgehead atoms. The highest BCUT2D eigenvalue weighted by molar-refractivity contribution is 6.39. The molecule has 156 valence electrons. The van der Waals surface area contributed by atoms with Crippen LogP contribution in [0.5, 0.6) is 11.5 Å². The van der Waals surface area contributed by atoms with Gasteiger partial charge in [-0.1, -0.05) is 23.2 Å². The minimum Gasteiger partial charge on any atom is -0.493 e. The lowest BCUT2D eigenvalue weighted by atomic mass is 10.1. The lowest BCUT2D eigenvalue weighted by molar-refractivity contribution is 0.201. The summed E-state index contributed by atoms with van der Waals surface area (Å²) >= 11 is 12.6. The fraction of sp³-hybridized carbons (Fsp3) is 0.429. The topological polar surface area (TPSA) is 67.8 Å². The van der Waals surface area contributed by atoms with Crippen molar-refractivity contribution in [2.45, 2.75) is 51.7 Å². The lowest BCUT2D eigenvalue weighted by Gasteiger charge is -2.18. The maximum atomic E-state index is 6.29. The van der Waals surface area contributed by atoms with E-state index in [-0.39, 0.29) is 12.1 Å². The molecule has 0 atom stereocenters. The maximum Gasteiger partial charge on any atom is 0.162 e. The highest BCUT2D eigenvalue weighted by Gasteiger charge is 2.20. The second-order valence-electron chi connectivity index (χ2n) is 7.24. The minimum absolute atomic E-state index is 0.155. The molecule has 2 aromatic rings. The normalized spacial score (nSPS) is 14.9. The Labute approximate surface area is 181 Å². The molecule has 1 saturated carbocycles. The maximum absolute atomic E-state index is 6.29. The van der Waals surface area contributed by atoms with Gasteiger partial charge < -0.3 is 20.2 Å². The molecule has 0 saturated heterocycles. The minimum atomic E-state index is 0.155. The number of ether oxygens (including phenoxy) is 2. The standard InChI is InChI=1S/C21H26Cl2N4O2/c1-13(2)26-27-21(25-20-16(22)11-24-12-17(20)23)14-8-9-18(28-3)19(10-14)29-15-6-4-5-7-15/h8-13,15,26H,4-7H2,1-3H3,(H,24,25,27). The molecule has 29 heavy (non-hydrogen) atoms. The summed E-state index contributed by atoms with van der Waals surface area (Å²) in [5, 5.41) is 8.57. The number of rotatable bonds is 7. The van der Waals surface area contributed by atoms with Crippen LogP contribution in [0.4, 0.5) is 5.69 Å².